The van der Waals surface area contributed by atoms with Gasteiger partial charge in [-0.25, -0.2) is 4.79 Å². The summed E-state index contributed by atoms with van der Waals surface area (Å²) in [7, 11) is 3.24. The van der Waals surface area contributed by atoms with Crippen LogP contribution in [-0.2, 0) is 14.2 Å². The third kappa shape index (κ3) is 3.85. The van der Waals surface area contributed by atoms with E-state index in [2.05, 4.69) is 0 Å². The van der Waals surface area contributed by atoms with Crippen molar-refractivity contribution in [2.75, 3.05) is 20.8 Å². The molecule has 100 valence electrons. The third-order valence-corrected chi connectivity index (χ3v) is 2.69. The quantitative estimate of drug-likeness (QED) is 0.763. The first-order chi connectivity index (χ1) is 7.89. The number of amides is 1. The van der Waals surface area contributed by atoms with E-state index < -0.39 is 5.60 Å². The lowest BCUT2D eigenvalue weighted by Gasteiger charge is -2.31. The van der Waals surface area contributed by atoms with E-state index in [4.69, 9.17) is 14.2 Å². The van der Waals surface area contributed by atoms with Crippen molar-refractivity contribution in [3.05, 3.63) is 0 Å². The van der Waals surface area contributed by atoms with Crippen LogP contribution in [0.2, 0.25) is 0 Å². The van der Waals surface area contributed by atoms with Gasteiger partial charge in [-0.2, -0.15) is 0 Å². The molecule has 0 radical (unpaired) electrons. The number of hydrogen-bond donors (Lipinski definition) is 0. The minimum Gasteiger partial charge on any atom is -0.444 e. The molecule has 0 saturated carbocycles. The summed E-state index contributed by atoms with van der Waals surface area (Å²) in [4.78, 5) is 13.7. The fraction of sp³-hybridized carbons (Fsp3) is 0.917. The monoisotopic (exact) mass is 245 g/mol. The summed E-state index contributed by atoms with van der Waals surface area (Å²) in [6, 6.07) is 0.0415. The molecule has 17 heavy (non-hydrogen) atoms. The van der Waals surface area contributed by atoms with Crippen LogP contribution >= 0.6 is 0 Å². The Labute approximate surface area is 103 Å². The van der Waals surface area contributed by atoms with Crippen molar-refractivity contribution in [2.24, 2.45) is 0 Å². The molecule has 5 heteroatoms. The van der Waals surface area contributed by atoms with Gasteiger partial charge in [-0.15, -0.1) is 0 Å². The van der Waals surface area contributed by atoms with E-state index in [0.717, 1.165) is 12.8 Å². The molecule has 0 spiro atoms. The van der Waals surface area contributed by atoms with Crippen LogP contribution in [0, 0.1) is 0 Å². The largest absolute Gasteiger partial charge is 0.444 e. The number of hydrogen-bond acceptors (Lipinski definition) is 4. The van der Waals surface area contributed by atoms with Crippen LogP contribution in [-0.4, -0.2) is 49.7 Å². The Bertz CT molecular complexity index is 262. The van der Waals surface area contributed by atoms with Gasteiger partial charge in [0, 0.05) is 14.2 Å². The number of nitrogens with zero attached hydrogens (tertiary/aromatic N) is 1. The van der Waals surface area contributed by atoms with Crippen LogP contribution in [0.4, 0.5) is 4.79 Å². The number of carbonyl (C=O) groups is 1. The van der Waals surface area contributed by atoms with Crippen LogP contribution in [0.25, 0.3) is 0 Å². The molecule has 1 aliphatic rings. The lowest BCUT2D eigenvalue weighted by molar-refractivity contribution is -0.0492. The van der Waals surface area contributed by atoms with E-state index >= 15 is 0 Å². The molecule has 1 rings (SSSR count). The summed E-state index contributed by atoms with van der Waals surface area (Å²) in [6.45, 7) is 6.08. The highest BCUT2D eigenvalue weighted by Crippen LogP contribution is 2.27. The maximum absolute atomic E-state index is 12.1. The molecule has 0 aromatic heterocycles. The molecule has 0 bridgehead atoms. The lowest BCUT2D eigenvalue weighted by Crippen LogP contribution is -2.46. The SMILES string of the molecule is COC[C@@H]1CCC(OC)N1C(=O)OC(C)(C)C. The van der Waals surface area contributed by atoms with Gasteiger partial charge in [-0.1, -0.05) is 0 Å². The van der Waals surface area contributed by atoms with Crippen molar-refractivity contribution in [3.63, 3.8) is 0 Å². The van der Waals surface area contributed by atoms with E-state index in [1.54, 1.807) is 19.1 Å². The molecule has 0 aromatic rings. The molecule has 1 amide bonds. The molecule has 1 unspecified atom stereocenters. The summed E-state index contributed by atoms with van der Waals surface area (Å²) in [5.41, 5.74) is -0.490. The predicted octanol–water partition coefficient (Wildman–Crippen LogP) is 2.00. The van der Waals surface area contributed by atoms with Gasteiger partial charge in [0.25, 0.3) is 0 Å². The van der Waals surface area contributed by atoms with Gasteiger partial charge >= 0.3 is 6.09 Å². The number of ether oxygens (including phenoxy) is 3. The predicted molar refractivity (Wildman–Crippen MR) is 63.8 cm³/mol. The van der Waals surface area contributed by atoms with Gasteiger partial charge < -0.3 is 14.2 Å². The molecule has 0 aromatic carbocycles. The second kappa shape index (κ2) is 5.69. The summed E-state index contributed by atoms with van der Waals surface area (Å²) in [5.74, 6) is 0. The minimum absolute atomic E-state index is 0.0415. The summed E-state index contributed by atoms with van der Waals surface area (Å²) in [6.07, 6.45) is 1.17. The first-order valence-corrected chi connectivity index (χ1v) is 5.92. The van der Waals surface area contributed by atoms with Gasteiger partial charge in [0.2, 0.25) is 0 Å². The maximum Gasteiger partial charge on any atom is 0.412 e. The van der Waals surface area contributed by atoms with Crippen molar-refractivity contribution in [2.45, 2.75) is 51.5 Å². The highest BCUT2D eigenvalue weighted by molar-refractivity contribution is 5.69. The highest BCUT2D eigenvalue weighted by Gasteiger charge is 2.39. The van der Waals surface area contributed by atoms with Crippen LogP contribution in [0.5, 0.6) is 0 Å². The van der Waals surface area contributed by atoms with Gasteiger partial charge in [0.1, 0.15) is 11.8 Å². The van der Waals surface area contributed by atoms with E-state index in [1.165, 1.54) is 0 Å². The van der Waals surface area contributed by atoms with Crippen molar-refractivity contribution < 1.29 is 19.0 Å². The minimum atomic E-state index is -0.490. The van der Waals surface area contributed by atoms with Crippen molar-refractivity contribution >= 4 is 6.09 Å². The molecule has 1 fully saturated rings. The van der Waals surface area contributed by atoms with Gasteiger partial charge in [0.05, 0.1) is 12.6 Å². The first kappa shape index (κ1) is 14.3. The third-order valence-electron chi connectivity index (χ3n) is 2.69. The highest BCUT2D eigenvalue weighted by atomic mass is 16.6. The van der Waals surface area contributed by atoms with Crippen LogP contribution in [0.3, 0.4) is 0 Å². The van der Waals surface area contributed by atoms with Gasteiger partial charge in [0.15, 0.2) is 0 Å². The Morgan fingerprint density at radius 1 is 1.29 bits per heavy atom. The Morgan fingerprint density at radius 3 is 2.41 bits per heavy atom. The zero-order valence-electron chi connectivity index (χ0n) is 11.4. The normalized spacial score (nSPS) is 25.1. The van der Waals surface area contributed by atoms with Crippen molar-refractivity contribution in [3.8, 4) is 0 Å². The number of carbonyl (C=O) groups excluding carboxylic acids is 1. The summed E-state index contributed by atoms with van der Waals surface area (Å²) in [5, 5.41) is 0. The van der Waals surface area contributed by atoms with E-state index in [0.29, 0.717) is 6.61 Å². The standard InChI is InChI=1S/C12H23NO4/c1-12(2,3)17-11(14)13-9(8-15-4)6-7-10(13)16-5/h9-10H,6-8H2,1-5H3/t9-,10?/m0/s1. The average Bonchev–Trinajstić information content (AvgIpc) is 2.58. The van der Waals surface area contributed by atoms with E-state index in [1.807, 2.05) is 20.8 Å². The topological polar surface area (TPSA) is 48.0 Å². The smallest absolute Gasteiger partial charge is 0.412 e. The molecule has 1 aliphatic heterocycles. The van der Waals surface area contributed by atoms with Crippen molar-refractivity contribution in [1.29, 1.82) is 0 Å². The summed E-state index contributed by atoms with van der Waals surface area (Å²) < 4.78 is 15.8. The molecular formula is C12H23NO4. The second-order valence-corrected chi connectivity index (χ2v) is 5.26. The first-order valence-electron chi connectivity index (χ1n) is 5.92. The van der Waals surface area contributed by atoms with Gasteiger partial charge in [-0.3, -0.25) is 4.90 Å². The van der Waals surface area contributed by atoms with E-state index in [-0.39, 0.29) is 18.4 Å². The summed E-state index contributed by atoms with van der Waals surface area (Å²) >= 11 is 0. The zero-order chi connectivity index (χ0) is 13.1. The second-order valence-electron chi connectivity index (χ2n) is 5.26. The lowest BCUT2D eigenvalue weighted by atomic mass is 10.2. The molecule has 1 saturated heterocycles. The molecule has 5 nitrogen and oxygen atoms in total. The molecule has 1 heterocycles. The number of methoxy groups -OCH3 is 2. The van der Waals surface area contributed by atoms with E-state index in [9.17, 15) is 4.79 Å². The van der Waals surface area contributed by atoms with Crippen LogP contribution < -0.4 is 0 Å². The Balaban J connectivity index is 2.70. The van der Waals surface area contributed by atoms with Crippen molar-refractivity contribution in [1.82, 2.24) is 4.90 Å². The molecule has 0 aliphatic carbocycles. The fourth-order valence-corrected chi connectivity index (χ4v) is 2.02. The Morgan fingerprint density at radius 2 is 1.94 bits per heavy atom. The number of rotatable bonds is 3. The van der Waals surface area contributed by atoms with Gasteiger partial charge in [-0.05, 0) is 33.6 Å². The molecule has 0 N–H and O–H groups in total. The number of likely N-dealkylation sites (tertiary alicyclic amines) is 1. The Hall–Kier alpha value is -0.810. The zero-order valence-corrected chi connectivity index (χ0v) is 11.4. The molecular weight excluding hydrogens is 222 g/mol. The van der Waals surface area contributed by atoms with Crippen LogP contribution in [0.15, 0.2) is 0 Å². The fourth-order valence-electron chi connectivity index (χ4n) is 2.02. The Kier molecular flexibility index (Phi) is 4.77. The maximum atomic E-state index is 12.1. The molecule has 2 atom stereocenters. The average molecular weight is 245 g/mol. The van der Waals surface area contributed by atoms with Crippen LogP contribution in [0.1, 0.15) is 33.6 Å².